The van der Waals surface area contributed by atoms with E-state index < -0.39 is 17.4 Å². The summed E-state index contributed by atoms with van der Waals surface area (Å²) in [5.41, 5.74) is 0.736. The largest absolute Gasteiger partial charge is 0.456 e. The van der Waals surface area contributed by atoms with Crippen molar-refractivity contribution in [3.05, 3.63) is 67.2 Å². The van der Waals surface area contributed by atoms with Gasteiger partial charge in [0.25, 0.3) is 0 Å². The Morgan fingerprint density at radius 3 is 2.32 bits per heavy atom. The Hall–Kier alpha value is -2.50. The monoisotopic (exact) mass is 353 g/mol. The molecule has 1 amide bonds. The van der Waals surface area contributed by atoms with Gasteiger partial charge in [-0.1, -0.05) is 37.4 Å². The molecule has 0 fully saturated rings. The molecule has 0 atom stereocenters. The van der Waals surface area contributed by atoms with Crippen LogP contribution in [0, 0.1) is 0 Å². The van der Waals surface area contributed by atoms with E-state index in [1.54, 1.807) is 32.1 Å². The third-order valence-electron chi connectivity index (χ3n) is 3.57. The minimum atomic E-state index is -4.66. The number of alkyl halides is 3. The van der Waals surface area contributed by atoms with E-state index in [9.17, 15) is 18.0 Å². The van der Waals surface area contributed by atoms with Crippen molar-refractivity contribution in [2.45, 2.75) is 32.4 Å². The number of amides is 1. The number of benzene rings is 1. The topological polar surface area (TPSA) is 29.5 Å². The minimum Gasteiger partial charge on any atom is -0.456 e. The summed E-state index contributed by atoms with van der Waals surface area (Å²) in [7, 11) is 0. The molecule has 1 heterocycles. The predicted octanol–water partition coefficient (Wildman–Crippen LogP) is 5.11. The van der Waals surface area contributed by atoms with Crippen molar-refractivity contribution in [2.24, 2.45) is 0 Å². The van der Waals surface area contributed by atoms with E-state index in [0.717, 1.165) is 5.56 Å². The van der Waals surface area contributed by atoms with Crippen LogP contribution in [0.4, 0.5) is 18.9 Å². The maximum atomic E-state index is 12.5. The van der Waals surface area contributed by atoms with Crippen LogP contribution in [-0.4, -0.2) is 18.6 Å². The Morgan fingerprint density at radius 1 is 1.28 bits per heavy atom. The molecule has 1 aromatic rings. The van der Waals surface area contributed by atoms with Gasteiger partial charge >= 0.3 is 6.18 Å². The van der Waals surface area contributed by atoms with Gasteiger partial charge < -0.3 is 9.64 Å². The van der Waals surface area contributed by atoms with E-state index in [1.807, 2.05) is 19.1 Å². The number of para-hydroxylation sites is 1. The van der Waals surface area contributed by atoms with Gasteiger partial charge in [-0.05, 0) is 32.4 Å². The van der Waals surface area contributed by atoms with Crippen molar-refractivity contribution in [3.8, 4) is 0 Å². The summed E-state index contributed by atoms with van der Waals surface area (Å²) in [5, 5.41) is 0. The Balaban J connectivity index is 0.000000970. The quantitative estimate of drug-likeness (QED) is 0.556. The molecule has 0 spiro atoms. The molecular weight excluding hydrogens is 331 g/mol. The number of ether oxygens (including phenoxy) is 1. The highest BCUT2D eigenvalue weighted by Crippen LogP contribution is 2.41. The second kappa shape index (κ2) is 7.59. The summed E-state index contributed by atoms with van der Waals surface area (Å²) in [6.45, 7) is 14.9. The van der Waals surface area contributed by atoms with Crippen LogP contribution in [0.15, 0.2) is 61.6 Å². The van der Waals surface area contributed by atoms with Crippen molar-refractivity contribution in [1.82, 2.24) is 0 Å². The average molecular weight is 353 g/mol. The third-order valence-corrected chi connectivity index (χ3v) is 3.57. The molecule has 0 saturated carbocycles. The van der Waals surface area contributed by atoms with Gasteiger partial charge in [0.05, 0.1) is 12.0 Å². The Labute approximate surface area is 146 Å². The fourth-order valence-corrected chi connectivity index (χ4v) is 2.40. The predicted molar refractivity (Wildman–Crippen MR) is 93.1 cm³/mol. The van der Waals surface area contributed by atoms with Crippen molar-refractivity contribution in [1.29, 1.82) is 0 Å². The summed E-state index contributed by atoms with van der Waals surface area (Å²) >= 11 is 0. The normalized spacial score (nSPS) is 15.0. The number of nitrogens with zero attached hydrogens (tertiary/aromatic N) is 1. The number of carbonyl (C=O) groups excluding carboxylic acids is 1. The van der Waals surface area contributed by atoms with Crippen LogP contribution in [0.2, 0.25) is 0 Å². The number of rotatable bonds is 4. The zero-order chi connectivity index (χ0) is 19.4. The van der Waals surface area contributed by atoms with Gasteiger partial charge in [-0.15, -0.1) is 6.58 Å². The number of anilines is 1. The lowest BCUT2D eigenvalue weighted by Gasteiger charge is -2.22. The van der Waals surface area contributed by atoms with E-state index in [0.29, 0.717) is 5.69 Å². The van der Waals surface area contributed by atoms with Crippen molar-refractivity contribution in [2.75, 3.05) is 11.4 Å². The zero-order valence-electron chi connectivity index (χ0n) is 14.6. The average Bonchev–Trinajstić information content (AvgIpc) is 2.69. The van der Waals surface area contributed by atoms with Crippen molar-refractivity contribution >= 4 is 11.6 Å². The smallest absolute Gasteiger partial charge is 0.448 e. The van der Waals surface area contributed by atoms with Gasteiger partial charge in [0.2, 0.25) is 11.7 Å². The summed E-state index contributed by atoms with van der Waals surface area (Å²) in [6, 6.07) is 7.15. The van der Waals surface area contributed by atoms with Crippen LogP contribution >= 0.6 is 0 Å². The van der Waals surface area contributed by atoms with Gasteiger partial charge in [0.1, 0.15) is 5.76 Å². The Morgan fingerprint density at radius 2 is 1.80 bits per heavy atom. The van der Waals surface area contributed by atoms with Gasteiger partial charge in [0, 0.05) is 5.69 Å². The van der Waals surface area contributed by atoms with Gasteiger partial charge in [-0.3, -0.25) is 4.79 Å². The molecule has 0 N–H and O–H groups in total. The van der Waals surface area contributed by atoms with Crippen LogP contribution < -0.4 is 4.90 Å². The summed E-state index contributed by atoms with van der Waals surface area (Å²) < 4.78 is 41.8. The number of allylic oxidation sites excluding steroid dienone is 2. The molecule has 0 saturated heterocycles. The van der Waals surface area contributed by atoms with Gasteiger partial charge in [-0.2, -0.15) is 13.2 Å². The van der Waals surface area contributed by atoms with Gasteiger partial charge in [0.15, 0.2) is 0 Å². The molecule has 3 nitrogen and oxygen atoms in total. The first-order valence-electron chi connectivity index (χ1n) is 7.57. The SMILES string of the molecule is C=C(CN1C(=O)C(C)(C)c2ccccc21)OC(=C)C(F)(F)F.C=CC. The second-order valence-corrected chi connectivity index (χ2v) is 6.00. The molecule has 6 heteroatoms. The van der Waals surface area contributed by atoms with Gasteiger partial charge in [-0.25, -0.2) is 0 Å². The van der Waals surface area contributed by atoms with Crippen molar-refractivity contribution in [3.63, 3.8) is 0 Å². The van der Waals surface area contributed by atoms with Crippen LogP contribution in [0.3, 0.4) is 0 Å². The highest BCUT2D eigenvalue weighted by Gasteiger charge is 2.44. The van der Waals surface area contributed by atoms with Crippen LogP contribution in [0.25, 0.3) is 0 Å². The molecule has 1 aromatic carbocycles. The zero-order valence-corrected chi connectivity index (χ0v) is 14.6. The number of carbonyl (C=O) groups is 1. The van der Waals surface area contributed by atoms with E-state index in [2.05, 4.69) is 24.5 Å². The molecule has 0 bridgehead atoms. The molecule has 2 rings (SSSR count). The lowest BCUT2D eigenvalue weighted by Crippen LogP contribution is -2.37. The molecule has 0 aromatic heterocycles. The first-order chi connectivity index (χ1) is 11.5. The molecule has 25 heavy (non-hydrogen) atoms. The molecular formula is C19H22F3NO2. The highest BCUT2D eigenvalue weighted by atomic mass is 19.4. The molecule has 0 aliphatic carbocycles. The molecule has 136 valence electrons. The standard InChI is InChI=1S/C16H16F3NO2.C3H6/c1-10(22-11(2)16(17,18)19)9-20-13-8-6-5-7-12(13)15(3,4)14(20)21;1-3-2/h5-8H,1-2,9H2,3-4H3;3H,1H2,2H3. The Bertz CT molecular complexity index is 690. The maximum Gasteiger partial charge on any atom is 0.448 e. The third kappa shape index (κ3) is 4.53. The second-order valence-electron chi connectivity index (χ2n) is 6.00. The number of hydrogen-bond acceptors (Lipinski definition) is 2. The number of hydrogen-bond donors (Lipinski definition) is 0. The summed E-state index contributed by atoms with van der Waals surface area (Å²) in [6.07, 6.45) is -2.91. The van der Waals surface area contributed by atoms with Crippen LogP contribution in [-0.2, 0) is 14.9 Å². The van der Waals surface area contributed by atoms with E-state index >= 15 is 0 Å². The number of fused-ring (bicyclic) bond motifs is 1. The lowest BCUT2D eigenvalue weighted by atomic mass is 9.86. The first-order valence-corrected chi connectivity index (χ1v) is 7.57. The van der Waals surface area contributed by atoms with E-state index in [1.165, 1.54) is 4.90 Å². The van der Waals surface area contributed by atoms with Crippen LogP contribution in [0.1, 0.15) is 26.3 Å². The van der Waals surface area contributed by atoms with Crippen LogP contribution in [0.5, 0.6) is 0 Å². The summed E-state index contributed by atoms with van der Waals surface area (Å²) in [5.74, 6) is -1.75. The van der Waals surface area contributed by atoms with E-state index in [4.69, 9.17) is 0 Å². The molecule has 1 aliphatic rings. The molecule has 0 radical (unpaired) electrons. The summed E-state index contributed by atoms with van der Waals surface area (Å²) in [4.78, 5) is 13.9. The van der Waals surface area contributed by atoms with Crippen molar-refractivity contribution < 1.29 is 22.7 Å². The molecule has 0 unspecified atom stereocenters. The minimum absolute atomic E-state index is 0.158. The molecule has 1 aliphatic heterocycles. The first kappa shape index (κ1) is 20.5. The Kier molecular flexibility index (Phi) is 6.24. The number of halogens is 3. The lowest BCUT2D eigenvalue weighted by molar-refractivity contribution is -0.124. The fourth-order valence-electron chi connectivity index (χ4n) is 2.40. The fraction of sp³-hybridized carbons (Fsp3) is 0.316. The highest BCUT2D eigenvalue weighted by molar-refractivity contribution is 6.07. The van der Waals surface area contributed by atoms with E-state index in [-0.39, 0.29) is 18.2 Å². The maximum absolute atomic E-state index is 12.5.